The van der Waals surface area contributed by atoms with Crippen LogP contribution >= 0.6 is 15.8 Å². The number of guanidine groups is 1. The predicted molar refractivity (Wildman–Crippen MR) is 59.6 cm³/mol. The van der Waals surface area contributed by atoms with E-state index in [0.717, 1.165) is 0 Å². The number of aliphatic imine (C=N–C) groups is 1. The molecule has 0 bridgehead atoms. The number of carbonyl (C=O) groups is 1. The Balaban J connectivity index is 2.88. The Morgan fingerprint density at radius 3 is 2.31 bits per heavy atom. The van der Waals surface area contributed by atoms with Crippen molar-refractivity contribution in [1.29, 1.82) is 0 Å². The van der Waals surface area contributed by atoms with Crippen LogP contribution in [-0.4, -0.2) is 48.3 Å². The molecule has 8 heteroatoms. The fraction of sp³-hybridized carbons (Fsp3) is 0.500. The monoisotopic (exact) mass is 257 g/mol. The Morgan fingerprint density at radius 2 is 1.94 bits per heavy atom. The van der Waals surface area contributed by atoms with Crippen molar-refractivity contribution in [2.45, 2.75) is 0 Å². The summed E-state index contributed by atoms with van der Waals surface area (Å²) in [4.78, 5) is 18.2. The van der Waals surface area contributed by atoms with E-state index >= 15 is 0 Å². The molecule has 0 radical (unpaired) electrons. The van der Waals surface area contributed by atoms with Crippen LogP contribution in [0.25, 0.3) is 0 Å². The molecule has 0 aromatic rings. The molecule has 0 spiro atoms. The van der Waals surface area contributed by atoms with Gasteiger partial charge in [-0.1, -0.05) is 0 Å². The van der Waals surface area contributed by atoms with Gasteiger partial charge in [0.05, 0.1) is 0 Å². The molecule has 84 valence electrons. The molecule has 0 aromatic carbocycles. The van der Waals surface area contributed by atoms with Crippen LogP contribution in [0.4, 0.5) is 0 Å². The van der Waals surface area contributed by atoms with Crippen LogP contribution in [0.1, 0.15) is 0 Å². The molecule has 0 unspecified atom stereocenters. The number of rotatable bonds is 2. The topological polar surface area (TPSA) is 70.1 Å². The Labute approximate surface area is 94.9 Å². The third-order valence-corrected chi connectivity index (χ3v) is 2.41. The molecule has 1 heterocycles. The van der Waals surface area contributed by atoms with Crippen LogP contribution in [0.2, 0.25) is 0 Å². The second kappa shape index (κ2) is 6.52. The van der Waals surface area contributed by atoms with E-state index in [1.807, 2.05) is 0 Å². The van der Waals surface area contributed by atoms with Gasteiger partial charge in [-0.2, -0.15) is 0 Å². The Hall–Kier alpha value is -1.04. The fourth-order valence-electron chi connectivity index (χ4n) is 1.24. The van der Waals surface area contributed by atoms with Gasteiger partial charge in [-0.15, -0.1) is 0 Å². The van der Waals surface area contributed by atoms with Crippen molar-refractivity contribution in [3.8, 4) is 11.3 Å². The zero-order chi connectivity index (χ0) is 12.0. The normalized spacial score (nSPS) is 13.9. The van der Waals surface area contributed by atoms with Gasteiger partial charge in [0.1, 0.15) is 0 Å². The molecule has 0 fully saturated rings. The number of amides is 1. The summed E-state index contributed by atoms with van der Waals surface area (Å²) in [5, 5.41) is 0. The Bertz CT molecular complexity index is 489. The predicted octanol–water partition coefficient (Wildman–Crippen LogP) is 0.618. The van der Waals surface area contributed by atoms with Gasteiger partial charge in [-0.05, 0) is 0 Å². The number of carbonyl (C=O) groups excluding carboxylic acids is 1. The second-order valence-electron chi connectivity index (χ2n) is 3.02. The number of nitrogens with zero attached hydrogens (tertiary/aromatic N) is 3. The van der Waals surface area contributed by atoms with Crippen LogP contribution in [0.5, 0.6) is 0 Å². The molecule has 0 saturated carbocycles. The van der Waals surface area contributed by atoms with Crippen molar-refractivity contribution in [2.24, 2.45) is 4.99 Å². The average molecular weight is 257 g/mol. The Kier molecular flexibility index (Phi) is 5.31. The van der Waals surface area contributed by atoms with Crippen LogP contribution < -0.4 is 0 Å². The molecule has 16 heavy (non-hydrogen) atoms. The van der Waals surface area contributed by atoms with E-state index in [9.17, 15) is 13.9 Å². The average Bonchev–Trinajstić information content (AvgIpc) is 2.58. The molecule has 0 atom stereocenters. The van der Waals surface area contributed by atoms with E-state index in [4.69, 9.17) is 0 Å². The fourth-order valence-corrected chi connectivity index (χ4v) is 1.70. The maximum absolute atomic E-state index is 11.1. The maximum atomic E-state index is 11.1. The summed E-state index contributed by atoms with van der Waals surface area (Å²) in [7, 11) is 1.29. The zero-order valence-corrected chi connectivity index (χ0v) is 10.4. The van der Waals surface area contributed by atoms with Gasteiger partial charge in [-0.3, -0.25) is 0 Å². The number of hydrogen-bond donors (Lipinski definition) is 0. The Morgan fingerprint density at radius 1 is 1.38 bits per heavy atom. The summed E-state index contributed by atoms with van der Waals surface area (Å²) in [5.74, 6) is 0.221. The molecule has 1 amide bonds. The van der Waals surface area contributed by atoms with Gasteiger partial charge in [0.25, 0.3) is 0 Å². The first-order valence-electron chi connectivity index (χ1n) is 4.37. The molecule has 0 aromatic heterocycles. The molecule has 6 nitrogen and oxygen atoms in total. The van der Waals surface area contributed by atoms with Crippen molar-refractivity contribution in [3.05, 3.63) is 0 Å². The summed E-state index contributed by atoms with van der Waals surface area (Å²) < 4.78 is 20.6. The second-order valence-corrected chi connectivity index (χ2v) is 4.01. The van der Waals surface area contributed by atoms with Gasteiger partial charge in [0.2, 0.25) is 0 Å². The minimum atomic E-state index is -0.234. The summed E-state index contributed by atoms with van der Waals surface area (Å²) in [6, 6.07) is 0. The first kappa shape index (κ1) is 13.0. The van der Waals surface area contributed by atoms with Gasteiger partial charge in [0.15, 0.2) is 0 Å². The molecule has 1 aliphatic heterocycles. The molecule has 1 aliphatic rings. The first-order chi connectivity index (χ1) is 7.69. The third kappa shape index (κ3) is 3.52. The van der Waals surface area contributed by atoms with E-state index in [0.29, 0.717) is 5.96 Å². The number of likely N-dealkylation sites (N-methyl/N-ethyl adjacent to an activating group) is 1. The first-order valence-corrected chi connectivity index (χ1v) is 5.99. The van der Waals surface area contributed by atoms with Crippen molar-refractivity contribution >= 4 is 27.7 Å². The number of hydrogen-bond acceptors (Lipinski definition) is 5. The summed E-state index contributed by atoms with van der Waals surface area (Å²) in [6.07, 6.45) is 0. The standard InChI is InChI=1S/C8H9N3O3P2/c1-10-6-7(12)9-8(10)11(2-4-15-13)3-5-16-14/h2-3,6H2,1H3. The van der Waals surface area contributed by atoms with E-state index < -0.39 is 0 Å². The van der Waals surface area contributed by atoms with Crippen LogP contribution in [0.3, 0.4) is 0 Å². The van der Waals surface area contributed by atoms with Crippen molar-refractivity contribution in [1.82, 2.24) is 9.80 Å². The van der Waals surface area contributed by atoms with Crippen molar-refractivity contribution in [2.75, 3.05) is 26.7 Å². The van der Waals surface area contributed by atoms with Crippen LogP contribution in [0.15, 0.2) is 4.99 Å². The quantitative estimate of drug-likeness (QED) is 0.678. The van der Waals surface area contributed by atoms with Crippen molar-refractivity contribution < 1.29 is 13.9 Å². The minimum absolute atomic E-state index is 0.217. The van der Waals surface area contributed by atoms with Crippen LogP contribution in [0, 0.1) is 11.3 Å². The molecule has 0 N–H and O–H groups in total. The van der Waals surface area contributed by atoms with E-state index in [1.165, 1.54) is 0 Å². The van der Waals surface area contributed by atoms with E-state index in [-0.39, 0.29) is 41.4 Å². The van der Waals surface area contributed by atoms with Gasteiger partial charge >= 0.3 is 94.4 Å². The summed E-state index contributed by atoms with van der Waals surface area (Å²) in [5.41, 5.74) is 5.10. The van der Waals surface area contributed by atoms with E-state index in [1.54, 1.807) is 16.8 Å². The van der Waals surface area contributed by atoms with Gasteiger partial charge in [-0.25, -0.2) is 0 Å². The van der Waals surface area contributed by atoms with Crippen molar-refractivity contribution in [3.63, 3.8) is 0 Å². The zero-order valence-electron chi connectivity index (χ0n) is 8.58. The molecule has 0 aliphatic carbocycles. The SMILES string of the molecule is CN1CC(=O)N=C1N(CC#P=O)CC#P=O. The molecular weight excluding hydrogens is 248 g/mol. The molecule has 1 rings (SSSR count). The van der Waals surface area contributed by atoms with Gasteiger partial charge in [0, 0.05) is 0 Å². The molecule has 0 saturated heterocycles. The third-order valence-electron chi connectivity index (χ3n) is 1.87. The van der Waals surface area contributed by atoms with Gasteiger partial charge < -0.3 is 0 Å². The molecular formula is C8H9N3O3P2. The summed E-state index contributed by atoms with van der Waals surface area (Å²) in [6.45, 7) is 0.671. The summed E-state index contributed by atoms with van der Waals surface area (Å²) >= 11 is 0. The van der Waals surface area contributed by atoms with Crippen LogP contribution in [-0.2, 0) is 13.9 Å². The van der Waals surface area contributed by atoms with E-state index in [2.05, 4.69) is 16.2 Å².